The summed E-state index contributed by atoms with van der Waals surface area (Å²) in [5.41, 5.74) is 3.78. The van der Waals surface area contributed by atoms with E-state index in [0.29, 0.717) is 13.0 Å². The minimum Gasteiger partial charge on any atom is -0.464 e. The van der Waals surface area contributed by atoms with Gasteiger partial charge in [0.15, 0.2) is 0 Å². The molecule has 3 aromatic rings. The van der Waals surface area contributed by atoms with E-state index in [1.807, 2.05) is 36.4 Å². The molecule has 2 atom stereocenters. The number of hydrogen-bond acceptors (Lipinski definition) is 4. The highest BCUT2D eigenvalue weighted by atomic mass is 16.5. The number of aromatic nitrogens is 2. The van der Waals surface area contributed by atoms with Crippen molar-refractivity contribution < 1.29 is 14.3 Å². The highest BCUT2D eigenvalue weighted by molar-refractivity contribution is 5.90. The second kappa shape index (κ2) is 9.20. The van der Waals surface area contributed by atoms with Crippen molar-refractivity contribution in [2.45, 2.75) is 45.2 Å². The minimum atomic E-state index is -0.724. The van der Waals surface area contributed by atoms with Gasteiger partial charge in [0, 0.05) is 42.0 Å². The number of fused-ring (bicyclic) bond motifs is 3. The molecule has 3 heterocycles. The first kappa shape index (κ1) is 20.9. The molecule has 31 heavy (non-hydrogen) atoms. The Morgan fingerprint density at radius 1 is 1.23 bits per heavy atom. The number of rotatable bonds is 6. The van der Waals surface area contributed by atoms with Crippen LogP contribution in [0, 0.1) is 0 Å². The van der Waals surface area contributed by atoms with Gasteiger partial charge < -0.3 is 15.0 Å². The Hall–Kier alpha value is -3.35. The number of aromatic amines is 1. The Bertz CT molecular complexity index is 1060. The molecule has 7 nitrogen and oxygen atoms in total. The van der Waals surface area contributed by atoms with E-state index >= 15 is 0 Å². The fraction of sp³-hybridized carbons (Fsp3) is 0.375. The molecule has 1 aromatic carbocycles. The molecule has 0 saturated heterocycles. The first-order valence-corrected chi connectivity index (χ1v) is 10.9. The van der Waals surface area contributed by atoms with Crippen LogP contribution in [0.25, 0.3) is 10.9 Å². The van der Waals surface area contributed by atoms with E-state index in [1.54, 1.807) is 24.2 Å². The molecular weight excluding hydrogens is 392 g/mol. The molecule has 1 aliphatic heterocycles. The molecular formula is C24H28N4O3. The van der Waals surface area contributed by atoms with E-state index < -0.39 is 18.1 Å². The average Bonchev–Trinajstić information content (AvgIpc) is 3.17. The molecule has 0 fully saturated rings. The Balaban J connectivity index is 1.86. The third-order valence-electron chi connectivity index (χ3n) is 5.73. The predicted octanol–water partition coefficient (Wildman–Crippen LogP) is 3.95. The zero-order valence-corrected chi connectivity index (χ0v) is 17.9. The number of esters is 1. The van der Waals surface area contributed by atoms with Gasteiger partial charge in [-0.15, -0.1) is 0 Å². The second-order valence-corrected chi connectivity index (χ2v) is 7.72. The van der Waals surface area contributed by atoms with Gasteiger partial charge in [0.2, 0.25) is 0 Å². The number of nitrogens with one attached hydrogen (secondary N) is 2. The van der Waals surface area contributed by atoms with Gasteiger partial charge in [0.1, 0.15) is 12.1 Å². The third kappa shape index (κ3) is 4.00. The summed E-state index contributed by atoms with van der Waals surface area (Å²) >= 11 is 0. The standard InChI is InChI=1S/C24H28N4O3/c1-3-5-13-26-24(30)28-20(23(29)31-4-2)14-18-17-10-6-7-11-19(17)27-21(18)22(28)16-9-8-12-25-15-16/h6-12,15,20,22,27H,3-5,13-14H2,1-2H3,(H,26,30)/t20?,22-/m0/s1. The zero-order chi connectivity index (χ0) is 21.8. The number of hydrogen-bond donors (Lipinski definition) is 2. The van der Waals surface area contributed by atoms with Crippen LogP contribution in [0.15, 0.2) is 48.8 Å². The van der Waals surface area contributed by atoms with Crippen LogP contribution in [0.2, 0.25) is 0 Å². The van der Waals surface area contributed by atoms with Gasteiger partial charge in [-0.25, -0.2) is 9.59 Å². The summed E-state index contributed by atoms with van der Waals surface area (Å²) in [5, 5.41) is 4.05. The highest BCUT2D eigenvalue weighted by Crippen LogP contribution is 2.41. The second-order valence-electron chi connectivity index (χ2n) is 7.72. The number of ether oxygens (including phenoxy) is 1. The third-order valence-corrected chi connectivity index (χ3v) is 5.73. The lowest BCUT2D eigenvalue weighted by molar-refractivity contribution is -0.149. The van der Waals surface area contributed by atoms with Crippen molar-refractivity contribution in [1.82, 2.24) is 20.2 Å². The topological polar surface area (TPSA) is 87.3 Å². The summed E-state index contributed by atoms with van der Waals surface area (Å²) in [6.45, 7) is 4.67. The number of H-pyrrole nitrogens is 1. The number of carbonyl (C=O) groups excluding carboxylic acids is 2. The van der Waals surface area contributed by atoms with E-state index in [4.69, 9.17) is 4.74 Å². The Morgan fingerprint density at radius 3 is 2.81 bits per heavy atom. The van der Waals surface area contributed by atoms with Gasteiger partial charge >= 0.3 is 12.0 Å². The van der Waals surface area contributed by atoms with Crippen molar-refractivity contribution in [3.63, 3.8) is 0 Å². The number of pyridine rings is 1. The maximum Gasteiger partial charge on any atom is 0.329 e. The first-order valence-electron chi connectivity index (χ1n) is 10.9. The van der Waals surface area contributed by atoms with E-state index in [1.165, 1.54) is 0 Å². The molecule has 0 bridgehead atoms. The molecule has 162 valence electrons. The number of para-hydroxylation sites is 1. The summed E-state index contributed by atoms with van der Waals surface area (Å²) in [6.07, 6.45) is 5.70. The fourth-order valence-electron chi connectivity index (χ4n) is 4.31. The van der Waals surface area contributed by atoms with E-state index in [-0.39, 0.29) is 12.6 Å². The van der Waals surface area contributed by atoms with Gasteiger partial charge in [-0.3, -0.25) is 9.88 Å². The SMILES string of the molecule is CCCCNC(=O)N1C(C(=O)OCC)Cc2c([nH]c3ccccc23)[C@@H]1c1cccnc1. The van der Waals surface area contributed by atoms with Crippen LogP contribution in [-0.2, 0) is 16.0 Å². The van der Waals surface area contributed by atoms with Gasteiger partial charge in [0.25, 0.3) is 0 Å². The van der Waals surface area contributed by atoms with Crippen LogP contribution in [0.4, 0.5) is 4.79 Å². The lowest BCUT2D eigenvalue weighted by Crippen LogP contribution is -2.55. The zero-order valence-electron chi connectivity index (χ0n) is 17.9. The van der Waals surface area contributed by atoms with Gasteiger partial charge in [-0.1, -0.05) is 37.6 Å². The number of urea groups is 1. The summed E-state index contributed by atoms with van der Waals surface area (Å²) in [7, 11) is 0. The van der Waals surface area contributed by atoms with Crippen LogP contribution in [0.1, 0.15) is 49.6 Å². The molecule has 7 heteroatoms. The summed E-state index contributed by atoms with van der Waals surface area (Å²) in [6, 6.07) is 10.3. The van der Waals surface area contributed by atoms with E-state index in [2.05, 4.69) is 22.2 Å². The lowest BCUT2D eigenvalue weighted by atomic mass is 9.88. The number of carbonyl (C=O) groups is 2. The molecule has 1 aliphatic rings. The summed E-state index contributed by atoms with van der Waals surface area (Å²) in [4.78, 5) is 35.8. The Labute approximate surface area is 181 Å². The van der Waals surface area contributed by atoms with Crippen LogP contribution < -0.4 is 5.32 Å². The van der Waals surface area contributed by atoms with Crippen LogP contribution in [-0.4, -0.2) is 46.1 Å². The van der Waals surface area contributed by atoms with Gasteiger partial charge in [0.05, 0.1) is 6.61 Å². The number of amides is 2. The van der Waals surface area contributed by atoms with Crippen LogP contribution in [0.5, 0.6) is 0 Å². The molecule has 2 N–H and O–H groups in total. The largest absolute Gasteiger partial charge is 0.464 e. The molecule has 0 aliphatic carbocycles. The van der Waals surface area contributed by atoms with Crippen molar-refractivity contribution in [2.24, 2.45) is 0 Å². The van der Waals surface area contributed by atoms with Crippen molar-refractivity contribution in [3.8, 4) is 0 Å². The van der Waals surface area contributed by atoms with Gasteiger partial charge in [-0.2, -0.15) is 0 Å². The first-order chi connectivity index (χ1) is 15.2. The average molecular weight is 421 g/mol. The molecule has 2 aromatic heterocycles. The minimum absolute atomic E-state index is 0.263. The van der Waals surface area contributed by atoms with Gasteiger partial charge in [-0.05, 0) is 36.6 Å². The van der Waals surface area contributed by atoms with E-state index in [9.17, 15) is 9.59 Å². The van der Waals surface area contributed by atoms with Crippen molar-refractivity contribution in [3.05, 3.63) is 65.6 Å². The van der Waals surface area contributed by atoms with Crippen LogP contribution in [0.3, 0.4) is 0 Å². The Morgan fingerprint density at radius 2 is 2.06 bits per heavy atom. The van der Waals surface area contributed by atoms with Crippen molar-refractivity contribution >= 4 is 22.9 Å². The maximum absolute atomic E-state index is 13.4. The molecule has 2 amide bonds. The maximum atomic E-state index is 13.4. The molecule has 4 rings (SSSR count). The lowest BCUT2D eigenvalue weighted by Gasteiger charge is -2.40. The van der Waals surface area contributed by atoms with Crippen molar-refractivity contribution in [2.75, 3.05) is 13.2 Å². The highest BCUT2D eigenvalue weighted by Gasteiger charge is 2.44. The van der Waals surface area contributed by atoms with E-state index in [0.717, 1.165) is 40.6 Å². The smallest absolute Gasteiger partial charge is 0.329 e. The van der Waals surface area contributed by atoms with Crippen molar-refractivity contribution in [1.29, 1.82) is 0 Å². The molecule has 0 spiro atoms. The number of unbranched alkanes of at least 4 members (excludes halogenated alkanes) is 1. The summed E-state index contributed by atoms with van der Waals surface area (Å²) in [5.74, 6) is -0.391. The fourth-order valence-corrected chi connectivity index (χ4v) is 4.31. The monoisotopic (exact) mass is 420 g/mol. The predicted molar refractivity (Wildman–Crippen MR) is 119 cm³/mol. The molecule has 1 unspecified atom stereocenters. The summed E-state index contributed by atoms with van der Waals surface area (Å²) < 4.78 is 5.39. The van der Waals surface area contributed by atoms with Crippen LogP contribution >= 0.6 is 0 Å². The number of benzene rings is 1. The number of nitrogens with zero attached hydrogens (tertiary/aromatic N) is 2. The molecule has 0 radical (unpaired) electrons. The molecule has 0 saturated carbocycles. The Kier molecular flexibility index (Phi) is 6.21. The quantitative estimate of drug-likeness (QED) is 0.467. The normalized spacial score (nSPS) is 17.9.